The van der Waals surface area contributed by atoms with E-state index in [1.54, 1.807) is 6.07 Å². The van der Waals surface area contributed by atoms with Crippen LogP contribution < -0.4 is 10.0 Å². The number of hydrogen-bond donors (Lipinski definition) is 2. The number of nitrogens with one attached hydrogen (secondary N) is 2. The van der Waals surface area contributed by atoms with Gasteiger partial charge in [-0.15, -0.1) is 11.3 Å². The van der Waals surface area contributed by atoms with Crippen molar-refractivity contribution >= 4 is 21.4 Å². The van der Waals surface area contributed by atoms with Crippen molar-refractivity contribution in [3.8, 4) is 0 Å². The highest BCUT2D eigenvalue weighted by atomic mass is 32.2. The second kappa shape index (κ2) is 7.99. The minimum Gasteiger partial charge on any atom is -0.312 e. The smallest absolute Gasteiger partial charge is 0.250 e. The Morgan fingerprint density at radius 1 is 1.26 bits per heavy atom. The Morgan fingerprint density at radius 3 is 2.58 bits per heavy atom. The third kappa shape index (κ3) is 5.22. The lowest BCUT2D eigenvalue weighted by molar-refractivity contribution is 0.513. The van der Waals surface area contributed by atoms with Gasteiger partial charge in [0.25, 0.3) is 0 Å². The highest BCUT2D eigenvalue weighted by Crippen LogP contribution is 2.22. The first-order chi connectivity index (χ1) is 9.03. The molecule has 1 heterocycles. The lowest BCUT2D eigenvalue weighted by atomic mass is 10.1. The molecule has 0 amide bonds. The van der Waals surface area contributed by atoms with Gasteiger partial charge in [-0.25, -0.2) is 13.1 Å². The average molecular weight is 304 g/mol. The van der Waals surface area contributed by atoms with E-state index >= 15 is 0 Å². The van der Waals surface area contributed by atoms with Crippen LogP contribution in [0.3, 0.4) is 0 Å². The first kappa shape index (κ1) is 16.6. The van der Waals surface area contributed by atoms with Gasteiger partial charge in [0.1, 0.15) is 4.21 Å². The first-order valence-electron chi connectivity index (χ1n) is 6.85. The van der Waals surface area contributed by atoms with Gasteiger partial charge in [-0.3, -0.25) is 0 Å². The third-order valence-corrected chi connectivity index (χ3v) is 6.00. The van der Waals surface area contributed by atoms with Crippen molar-refractivity contribution in [2.24, 2.45) is 0 Å². The molecule has 1 aromatic rings. The molecular weight excluding hydrogens is 280 g/mol. The van der Waals surface area contributed by atoms with E-state index in [1.165, 1.54) is 11.3 Å². The minimum absolute atomic E-state index is 0.0364. The van der Waals surface area contributed by atoms with E-state index in [-0.39, 0.29) is 6.04 Å². The zero-order chi connectivity index (χ0) is 14.3. The Balaban J connectivity index is 2.73. The molecule has 0 spiro atoms. The fourth-order valence-electron chi connectivity index (χ4n) is 1.82. The van der Waals surface area contributed by atoms with Gasteiger partial charge in [-0.05, 0) is 31.5 Å². The molecule has 6 heteroatoms. The molecule has 0 saturated heterocycles. The van der Waals surface area contributed by atoms with Crippen LogP contribution in [0.4, 0.5) is 0 Å². The normalized spacial score (nSPS) is 13.6. The Kier molecular flexibility index (Phi) is 6.99. The zero-order valence-corrected chi connectivity index (χ0v) is 13.5. The summed E-state index contributed by atoms with van der Waals surface area (Å²) in [5.74, 6) is 0. The highest BCUT2D eigenvalue weighted by molar-refractivity contribution is 7.91. The molecular formula is C13H24N2O2S2. The van der Waals surface area contributed by atoms with E-state index in [1.807, 2.05) is 19.9 Å². The SMILES string of the molecule is CCCC(CC)NS(=O)(=O)c1ccc(CNCC)s1. The molecule has 0 aliphatic carbocycles. The molecule has 0 bridgehead atoms. The molecule has 1 unspecified atom stereocenters. The summed E-state index contributed by atoms with van der Waals surface area (Å²) in [6.07, 6.45) is 2.69. The van der Waals surface area contributed by atoms with Crippen molar-refractivity contribution < 1.29 is 8.42 Å². The Labute approximate surface area is 120 Å². The van der Waals surface area contributed by atoms with E-state index in [4.69, 9.17) is 0 Å². The first-order valence-corrected chi connectivity index (χ1v) is 9.15. The van der Waals surface area contributed by atoms with Crippen LogP contribution in [0.5, 0.6) is 0 Å². The number of hydrogen-bond acceptors (Lipinski definition) is 4. The molecule has 110 valence electrons. The molecule has 1 rings (SSSR count). The quantitative estimate of drug-likeness (QED) is 0.737. The van der Waals surface area contributed by atoms with Gasteiger partial charge in [-0.2, -0.15) is 0 Å². The van der Waals surface area contributed by atoms with Gasteiger partial charge in [0.2, 0.25) is 10.0 Å². The van der Waals surface area contributed by atoms with Crippen LogP contribution in [0.25, 0.3) is 0 Å². The van der Waals surface area contributed by atoms with E-state index in [9.17, 15) is 8.42 Å². The standard InChI is InChI=1S/C13H24N2O2S2/c1-4-7-11(5-2)15-19(16,17)13-9-8-12(18-13)10-14-6-3/h8-9,11,14-15H,4-7,10H2,1-3H3. The van der Waals surface area contributed by atoms with Crippen LogP contribution in [-0.2, 0) is 16.6 Å². The van der Waals surface area contributed by atoms with Crippen LogP contribution in [0.2, 0.25) is 0 Å². The van der Waals surface area contributed by atoms with Crippen molar-refractivity contribution in [1.29, 1.82) is 0 Å². The van der Waals surface area contributed by atoms with Crippen molar-refractivity contribution in [2.45, 2.75) is 56.8 Å². The van der Waals surface area contributed by atoms with E-state index in [2.05, 4.69) is 17.0 Å². The minimum atomic E-state index is -3.36. The molecule has 19 heavy (non-hydrogen) atoms. The molecule has 0 radical (unpaired) electrons. The van der Waals surface area contributed by atoms with Crippen LogP contribution in [0.1, 0.15) is 44.9 Å². The Bertz CT molecular complexity index is 469. The van der Waals surface area contributed by atoms with Gasteiger partial charge in [0.05, 0.1) is 0 Å². The molecule has 0 saturated carbocycles. The van der Waals surface area contributed by atoms with Crippen LogP contribution in [0.15, 0.2) is 16.3 Å². The predicted octanol–water partition coefficient (Wildman–Crippen LogP) is 2.71. The summed E-state index contributed by atoms with van der Waals surface area (Å²) < 4.78 is 27.7. The highest BCUT2D eigenvalue weighted by Gasteiger charge is 2.20. The second-order valence-electron chi connectivity index (χ2n) is 4.52. The van der Waals surface area contributed by atoms with Crippen molar-refractivity contribution in [3.63, 3.8) is 0 Å². The van der Waals surface area contributed by atoms with Crippen molar-refractivity contribution in [2.75, 3.05) is 6.54 Å². The summed E-state index contributed by atoms with van der Waals surface area (Å²) in [4.78, 5) is 1.05. The lowest BCUT2D eigenvalue weighted by Crippen LogP contribution is -2.33. The van der Waals surface area contributed by atoms with Crippen LogP contribution in [0, 0.1) is 0 Å². The van der Waals surface area contributed by atoms with E-state index < -0.39 is 10.0 Å². The molecule has 0 aliphatic rings. The van der Waals surface area contributed by atoms with Gasteiger partial charge < -0.3 is 5.32 Å². The maximum atomic E-state index is 12.2. The number of thiophene rings is 1. The van der Waals surface area contributed by atoms with Crippen LogP contribution >= 0.6 is 11.3 Å². The molecule has 1 atom stereocenters. The number of sulfonamides is 1. The van der Waals surface area contributed by atoms with E-state index in [0.717, 1.165) is 37.2 Å². The summed E-state index contributed by atoms with van der Waals surface area (Å²) in [5, 5.41) is 3.20. The Morgan fingerprint density at radius 2 is 2.00 bits per heavy atom. The van der Waals surface area contributed by atoms with Gasteiger partial charge in [-0.1, -0.05) is 27.2 Å². The average Bonchev–Trinajstić information content (AvgIpc) is 2.85. The third-order valence-electron chi connectivity index (χ3n) is 2.90. The zero-order valence-electron chi connectivity index (χ0n) is 11.9. The number of rotatable bonds is 9. The maximum absolute atomic E-state index is 12.2. The maximum Gasteiger partial charge on any atom is 0.250 e. The molecule has 0 fully saturated rings. The largest absolute Gasteiger partial charge is 0.312 e. The summed E-state index contributed by atoms with van der Waals surface area (Å²) in [6, 6.07) is 3.61. The fourth-order valence-corrected chi connectivity index (χ4v) is 4.51. The lowest BCUT2D eigenvalue weighted by Gasteiger charge is -2.15. The summed E-state index contributed by atoms with van der Waals surface area (Å²) in [6.45, 7) is 7.71. The topological polar surface area (TPSA) is 58.2 Å². The summed E-state index contributed by atoms with van der Waals surface area (Å²) in [7, 11) is -3.36. The Hall–Kier alpha value is -0.430. The fraction of sp³-hybridized carbons (Fsp3) is 0.692. The summed E-state index contributed by atoms with van der Waals surface area (Å²) in [5.41, 5.74) is 0. The van der Waals surface area contributed by atoms with Crippen molar-refractivity contribution in [3.05, 3.63) is 17.0 Å². The van der Waals surface area contributed by atoms with Crippen molar-refractivity contribution in [1.82, 2.24) is 10.0 Å². The molecule has 0 aliphatic heterocycles. The summed E-state index contributed by atoms with van der Waals surface area (Å²) >= 11 is 1.34. The predicted molar refractivity (Wildman–Crippen MR) is 81.0 cm³/mol. The molecule has 4 nitrogen and oxygen atoms in total. The van der Waals surface area contributed by atoms with Gasteiger partial charge in [0.15, 0.2) is 0 Å². The van der Waals surface area contributed by atoms with Gasteiger partial charge in [0, 0.05) is 17.5 Å². The molecule has 2 N–H and O–H groups in total. The monoisotopic (exact) mass is 304 g/mol. The van der Waals surface area contributed by atoms with Crippen LogP contribution in [-0.4, -0.2) is 21.0 Å². The van der Waals surface area contributed by atoms with E-state index in [0.29, 0.717) is 4.21 Å². The van der Waals surface area contributed by atoms with Gasteiger partial charge >= 0.3 is 0 Å². The molecule has 1 aromatic heterocycles. The molecule has 0 aromatic carbocycles. The second-order valence-corrected chi connectivity index (χ2v) is 7.63.